The Kier molecular flexibility index (Phi) is 3.77. The summed E-state index contributed by atoms with van der Waals surface area (Å²) in [6.07, 6.45) is 5.69. The van der Waals surface area contributed by atoms with Crippen molar-refractivity contribution in [1.82, 2.24) is 4.90 Å². The maximum Gasteiger partial charge on any atom is 0.317 e. The molecule has 22 heavy (non-hydrogen) atoms. The first-order valence-electron chi connectivity index (χ1n) is 8.38. The SMILES string of the molecule is O=C(Oc1ccccc1Br)C1(C2CN3CCC2CC3)CCC1. The summed E-state index contributed by atoms with van der Waals surface area (Å²) in [4.78, 5) is 15.5. The van der Waals surface area contributed by atoms with Gasteiger partial charge in [0.05, 0.1) is 9.89 Å². The topological polar surface area (TPSA) is 29.5 Å². The van der Waals surface area contributed by atoms with Gasteiger partial charge in [-0.05, 0) is 78.7 Å². The molecule has 1 aromatic carbocycles. The zero-order valence-electron chi connectivity index (χ0n) is 12.8. The van der Waals surface area contributed by atoms with Crippen LogP contribution in [-0.2, 0) is 4.79 Å². The minimum atomic E-state index is -0.223. The number of para-hydroxylation sites is 1. The lowest BCUT2D eigenvalue weighted by molar-refractivity contribution is -0.165. The molecule has 2 bridgehead atoms. The molecule has 5 rings (SSSR count). The summed E-state index contributed by atoms with van der Waals surface area (Å²) >= 11 is 3.47. The number of carbonyl (C=O) groups excluding carboxylic acids is 1. The molecule has 4 fully saturated rings. The van der Waals surface area contributed by atoms with Gasteiger partial charge < -0.3 is 9.64 Å². The highest BCUT2D eigenvalue weighted by atomic mass is 79.9. The second-order valence-corrected chi connectivity index (χ2v) is 7.93. The van der Waals surface area contributed by atoms with Gasteiger partial charge >= 0.3 is 5.97 Å². The van der Waals surface area contributed by atoms with Crippen molar-refractivity contribution in [3.8, 4) is 5.75 Å². The van der Waals surface area contributed by atoms with Crippen molar-refractivity contribution in [2.24, 2.45) is 17.3 Å². The Morgan fingerprint density at radius 3 is 2.50 bits per heavy atom. The van der Waals surface area contributed by atoms with Crippen LogP contribution >= 0.6 is 15.9 Å². The molecule has 1 saturated carbocycles. The first kappa shape index (κ1) is 14.7. The van der Waals surface area contributed by atoms with Crippen LogP contribution in [0.1, 0.15) is 32.1 Å². The normalized spacial score (nSPS) is 32.3. The quantitative estimate of drug-likeness (QED) is 0.603. The summed E-state index contributed by atoms with van der Waals surface area (Å²) in [5.74, 6) is 1.88. The van der Waals surface area contributed by atoms with Crippen LogP contribution in [0.25, 0.3) is 0 Å². The Balaban J connectivity index is 1.56. The molecule has 3 aliphatic heterocycles. The number of halogens is 1. The minimum Gasteiger partial charge on any atom is -0.425 e. The molecule has 118 valence electrons. The maximum atomic E-state index is 13.0. The molecule has 0 radical (unpaired) electrons. The average Bonchev–Trinajstić information content (AvgIpc) is 2.50. The number of hydrogen-bond acceptors (Lipinski definition) is 3. The van der Waals surface area contributed by atoms with Crippen molar-refractivity contribution in [2.75, 3.05) is 19.6 Å². The zero-order chi connectivity index (χ0) is 15.2. The molecule has 1 atom stereocenters. The Hall–Kier alpha value is -0.870. The van der Waals surface area contributed by atoms with Crippen LogP contribution in [0.5, 0.6) is 5.75 Å². The molecule has 3 heterocycles. The van der Waals surface area contributed by atoms with Gasteiger partial charge in [-0.15, -0.1) is 0 Å². The third-order valence-electron chi connectivity index (χ3n) is 6.06. The van der Waals surface area contributed by atoms with E-state index in [1.54, 1.807) is 0 Å². The van der Waals surface area contributed by atoms with Crippen molar-refractivity contribution in [1.29, 1.82) is 0 Å². The monoisotopic (exact) mass is 363 g/mol. The van der Waals surface area contributed by atoms with E-state index in [0.29, 0.717) is 11.7 Å². The van der Waals surface area contributed by atoms with Gasteiger partial charge in [-0.2, -0.15) is 0 Å². The van der Waals surface area contributed by atoms with Gasteiger partial charge in [-0.3, -0.25) is 4.79 Å². The Bertz CT molecular complexity index is 576. The number of hydrogen-bond donors (Lipinski definition) is 0. The second kappa shape index (κ2) is 5.64. The first-order chi connectivity index (χ1) is 10.7. The van der Waals surface area contributed by atoms with Gasteiger partial charge in [-0.25, -0.2) is 0 Å². The number of nitrogens with zero attached hydrogens (tertiary/aromatic N) is 1. The Morgan fingerprint density at radius 1 is 1.23 bits per heavy atom. The molecule has 3 nitrogen and oxygen atoms in total. The lowest BCUT2D eigenvalue weighted by atomic mass is 9.55. The van der Waals surface area contributed by atoms with Crippen molar-refractivity contribution in [2.45, 2.75) is 32.1 Å². The molecular formula is C18H22BrNO2. The predicted molar refractivity (Wildman–Crippen MR) is 88.7 cm³/mol. The van der Waals surface area contributed by atoms with Crippen LogP contribution in [0.4, 0.5) is 0 Å². The Morgan fingerprint density at radius 2 is 1.95 bits per heavy atom. The third kappa shape index (κ3) is 2.31. The van der Waals surface area contributed by atoms with Crippen molar-refractivity contribution in [3.63, 3.8) is 0 Å². The van der Waals surface area contributed by atoms with Gasteiger partial charge in [0.15, 0.2) is 0 Å². The summed E-state index contributed by atoms with van der Waals surface area (Å²) in [6.45, 7) is 3.53. The van der Waals surface area contributed by atoms with Crippen molar-refractivity contribution < 1.29 is 9.53 Å². The highest BCUT2D eigenvalue weighted by Gasteiger charge is 2.56. The number of ether oxygens (including phenoxy) is 1. The summed E-state index contributed by atoms with van der Waals surface area (Å²) in [5.41, 5.74) is -0.223. The van der Waals surface area contributed by atoms with Crippen LogP contribution in [0.15, 0.2) is 28.7 Å². The van der Waals surface area contributed by atoms with E-state index in [0.717, 1.165) is 36.2 Å². The molecule has 1 aliphatic carbocycles. The molecule has 0 spiro atoms. The number of piperidine rings is 3. The fraction of sp³-hybridized carbons (Fsp3) is 0.611. The standard InChI is InChI=1S/C18H22BrNO2/c19-15-4-1-2-5-16(15)22-17(21)18(8-3-9-18)14-12-20-10-6-13(14)7-11-20/h1-2,4-5,13-14H,3,6-12H2. The molecule has 0 aromatic heterocycles. The van der Waals surface area contributed by atoms with Crippen LogP contribution in [0, 0.1) is 17.3 Å². The largest absolute Gasteiger partial charge is 0.425 e. The van der Waals surface area contributed by atoms with E-state index in [-0.39, 0.29) is 11.4 Å². The molecular weight excluding hydrogens is 342 g/mol. The number of fused-ring (bicyclic) bond motifs is 3. The van der Waals surface area contributed by atoms with Crippen LogP contribution in [-0.4, -0.2) is 30.5 Å². The summed E-state index contributed by atoms with van der Waals surface area (Å²) in [6, 6.07) is 7.64. The smallest absolute Gasteiger partial charge is 0.317 e. The average molecular weight is 364 g/mol. The summed E-state index contributed by atoms with van der Waals surface area (Å²) < 4.78 is 6.66. The molecule has 1 aromatic rings. The molecule has 4 heteroatoms. The van der Waals surface area contributed by atoms with Gasteiger partial charge in [0.1, 0.15) is 5.75 Å². The number of rotatable bonds is 3. The van der Waals surface area contributed by atoms with Crippen molar-refractivity contribution in [3.05, 3.63) is 28.7 Å². The van der Waals surface area contributed by atoms with E-state index in [4.69, 9.17) is 4.74 Å². The van der Waals surface area contributed by atoms with Crippen LogP contribution in [0.2, 0.25) is 0 Å². The third-order valence-corrected chi connectivity index (χ3v) is 6.71. The number of esters is 1. The van der Waals surface area contributed by atoms with E-state index in [9.17, 15) is 4.79 Å². The van der Waals surface area contributed by atoms with Crippen molar-refractivity contribution >= 4 is 21.9 Å². The zero-order valence-corrected chi connectivity index (χ0v) is 14.3. The van der Waals surface area contributed by atoms with Gasteiger partial charge in [0.25, 0.3) is 0 Å². The summed E-state index contributed by atoms with van der Waals surface area (Å²) in [5, 5.41) is 0. The maximum absolute atomic E-state index is 13.0. The van der Waals surface area contributed by atoms with E-state index in [1.165, 1.54) is 25.9 Å². The predicted octanol–water partition coefficient (Wildman–Crippen LogP) is 3.87. The molecule has 0 amide bonds. The van der Waals surface area contributed by atoms with Crippen LogP contribution in [0.3, 0.4) is 0 Å². The fourth-order valence-corrected chi connectivity index (χ4v) is 4.97. The fourth-order valence-electron chi connectivity index (χ4n) is 4.60. The minimum absolute atomic E-state index is 0.00407. The van der Waals surface area contributed by atoms with Gasteiger partial charge in [-0.1, -0.05) is 18.6 Å². The lowest BCUT2D eigenvalue weighted by Gasteiger charge is -2.55. The number of carbonyl (C=O) groups is 1. The molecule has 0 N–H and O–H groups in total. The van der Waals surface area contributed by atoms with Gasteiger partial charge in [0.2, 0.25) is 0 Å². The molecule has 4 aliphatic rings. The first-order valence-corrected chi connectivity index (χ1v) is 9.17. The summed E-state index contributed by atoms with van der Waals surface area (Å²) in [7, 11) is 0. The molecule has 1 unspecified atom stereocenters. The van der Waals surface area contributed by atoms with Gasteiger partial charge in [0, 0.05) is 6.54 Å². The second-order valence-electron chi connectivity index (χ2n) is 7.07. The van der Waals surface area contributed by atoms with E-state index in [2.05, 4.69) is 20.8 Å². The lowest BCUT2D eigenvalue weighted by Crippen LogP contribution is -2.58. The number of benzene rings is 1. The highest BCUT2D eigenvalue weighted by Crippen LogP contribution is 2.54. The Labute approximate surface area is 140 Å². The van der Waals surface area contributed by atoms with Crippen LogP contribution < -0.4 is 4.74 Å². The van der Waals surface area contributed by atoms with E-state index >= 15 is 0 Å². The molecule has 3 saturated heterocycles. The van der Waals surface area contributed by atoms with E-state index in [1.807, 2.05) is 24.3 Å². The highest BCUT2D eigenvalue weighted by molar-refractivity contribution is 9.10. The van der Waals surface area contributed by atoms with E-state index < -0.39 is 0 Å².